The molecule has 1 N–H and O–H groups in total. The number of carbonyl (C=O) groups excluding carboxylic acids is 2. The number of nitrogens with zero attached hydrogens (tertiary/aromatic N) is 1. The fourth-order valence-electron chi connectivity index (χ4n) is 4.11. The molecule has 2 aromatic rings. The highest BCUT2D eigenvalue weighted by molar-refractivity contribution is 5.80. The summed E-state index contributed by atoms with van der Waals surface area (Å²) in [6.07, 6.45) is 2.38. The third-order valence-electron chi connectivity index (χ3n) is 5.81. The zero-order valence-electron chi connectivity index (χ0n) is 17.5. The summed E-state index contributed by atoms with van der Waals surface area (Å²) in [5.41, 5.74) is 2.54. The quantitative estimate of drug-likeness (QED) is 0.767. The van der Waals surface area contributed by atoms with Crippen LogP contribution in [0.5, 0.6) is 0 Å². The Hall–Kier alpha value is -2.62. The number of likely N-dealkylation sites (tertiary alicyclic amines) is 1. The third-order valence-corrected chi connectivity index (χ3v) is 5.81. The number of amides is 2. The van der Waals surface area contributed by atoms with Crippen LogP contribution < -0.4 is 5.32 Å². The Morgan fingerprint density at radius 2 is 1.45 bits per heavy atom. The molecule has 29 heavy (non-hydrogen) atoms. The van der Waals surface area contributed by atoms with E-state index in [1.165, 1.54) is 11.1 Å². The summed E-state index contributed by atoms with van der Waals surface area (Å²) < 4.78 is 0. The van der Waals surface area contributed by atoms with Crippen LogP contribution in [-0.2, 0) is 9.59 Å². The third kappa shape index (κ3) is 5.69. The van der Waals surface area contributed by atoms with Gasteiger partial charge in [0, 0.05) is 37.4 Å². The van der Waals surface area contributed by atoms with Crippen molar-refractivity contribution in [3.63, 3.8) is 0 Å². The lowest BCUT2D eigenvalue weighted by Crippen LogP contribution is -2.44. The molecule has 0 radical (unpaired) electrons. The van der Waals surface area contributed by atoms with Gasteiger partial charge in [-0.2, -0.15) is 0 Å². The highest BCUT2D eigenvalue weighted by Crippen LogP contribution is 2.27. The maximum absolute atomic E-state index is 12.6. The van der Waals surface area contributed by atoms with E-state index in [-0.39, 0.29) is 29.6 Å². The molecule has 1 heterocycles. The summed E-state index contributed by atoms with van der Waals surface area (Å²) in [5, 5.41) is 3.15. The van der Waals surface area contributed by atoms with E-state index in [0.717, 1.165) is 19.3 Å². The van der Waals surface area contributed by atoms with Crippen LogP contribution in [0.15, 0.2) is 60.7 Å². The van der Waals surface area contributed by atoms with Crippen molar-refractivity contribution in [3.8, 4) is 0 Å². The molecule has 0 aromatic heterocycles. The van der Waals surface area contributed by atoms with Crippen LogP contribution in [0.1, 0.15) is 50.2 Å². The Kier molecular flexibility index (Phi) is 7.45. The van der Waals surface area contributed by atoms with E-state index in [9.17, 15) is 9.59 Å². The number of carbonyl (C=O) groups is 2. The predicted molar refractivity (Wildman–Crippen MR) is 116 cm³/mol. The second kappa shape index (κ2) is 10.2. The van der Waals surface area contributed by atoms with Crippen LogP contribution in [0.4, 0.5) is 0 Å². The standard InChI is InChI=1S/C25H32N2O2/c1-19(2)25(29)27-17-14-22(15-18-27)24(28)26-16-13-23(20-9-5-3-6-10-20)21-11-7-4-8-12-21/h3-12,19,22-23H,13-18H2,1-2H3,(H,26,28). The van der Waals surface area contributed by atoms with Gasteiger partial charge >= 0.3 is 0 Å². The molecule has 4 nitrogen and oxygen atoms in total. The summed E-state index contributed by atoms with van der Waals surface area (Å²) in [7, 11) is 0. The van der Waals surface area contributed by atoms with Crippen LogP contribution >= 0.6 is 0 Å². The molecule has 4 heteroatoms. The molecule has 0 saturated carbocycles. The van der Waals surface area contributed by atoms with E-state index in [1.807, 2.05) is 30.9 Å². The monoisotopic (exact) mass is 392 g/mol. The van der Waals surface area contributed by atoms with Crippen molar-refractivity contribution in [2.75, 3.05) is 19.6 Å². The first-order chi connectivity index (χ1) is 14.1. The maximum atomic E-state index is 12.6. The van der Waals surface area contributed by atoms with Crippen molar-refractivity contribution in [1.29, 1.82) is 0 Å². The molecule has 2 aromatic carbocycles. The van der Waals surface area contributed by atoms with Gasteiger partial charge in [0.05, 0.1) is 0 Å². The topological polar surface area (TPSA) is 49.4 Å². The first-order valence-corrected chi connectivity index (χ1v) is 10.7. The summed E-state index contributed by atoms with van der Waals surface area (Å²) in [5.74, 6) is 0.619. The number of hydrogen-bond acceptors (Lipinski definition) is 2. The van der Waals surface area contributed by atoms with E-state index < -0.39 is 0 Å². The van der Waals surface area contributed by atoms with Gasteiger partial charge in [0.25, 0.3) is 0 Å². The summed E-state index contributed by atoms with van der Waals surface area (Å²) in [6.45, 7) is 5.88. The van der Waals surface area contributed by atoms with Crippen molar-refractivity contribution < 1.29 is 9.59 Å². The van der Waals surface area contributed by atoms with Crippen LogP contribution in [0.2, 0.25) is 0 Å². The van der Waals surface area contributed by atoms with Crippen molar-refractivity contribution in [2.45, 2.75) is 39.0 Å². The highest BCUT2D eigenvalue weighted by Gasteiger charge is 2.28. The molecule has 3 rings (SSSR count). The number of nitrogens with one attached hydrogen (secondary N) is 1. The molecule has 154 valence electrons. The lowest BCUT2D eigenvalue weighted by atomic mass is 9.88. The van der Waals surface area contributed by atoms with E-state index in [1.54, 1.807) is 0 Å². The second-order valence-corrected chi connectivity index (χ2v) is 8.21. The summed E-state index contributed by atoms with van der Waals surface area (Å²) in [4.78, 5) is 26.7. The van der Waals surface area contributed by atoms with Gasteiger partial charge in [-0.1, -0.05) is 74.5 Å². The molecule has 0 unspecified atom stereocenters. The van der Waals surface area contributed by atoms with Gasteiger partial charge < -0.3 is 10.2 Å². The minimum absolute atomic E-state index is 0.0121. The maximum Gasteiger partial charge on any atom is 0.225 e. The number of rotatable bonds is 7. The average molecular weight is 393 g/mol. The Balaban J connectivity index is 1.52. The van der Waals surface area contributed by atoms with Crippen molar-refractivity contribution >= 4 is 11.8 Å². The van der Waals surface area contributed by atoms with Gasteiger partial charge in [0.1, 0.15) is 0 Å². The molecule has 0 bridgehead atoms. The molecule has 1 saturated heterocycles. The second-order valence-electron chi connectivity index (χ2n) is 8.21. The zero-order valence-corrected chi connectivity index (χ0v) is 17.5. The number of hydrogen-bond donors (Lipinski definition) is 1. The molecule has 0 atom stereocenters. The fourth-order valence-corrected chi connectivity index (χ4v) is 4.11. The first-order valence-electron chi connectivity index (χ1n) is 10.7. The van der Waals surface area contributed by atoms with E-state index in [2.05, 4.69) is 53.8 Å². The summed E-state index contributed by atoms with van der Waals surface area (Å²) >= 11 is 0. The van der Waals surface area contributed by atoms with Gasteiger partial charge in [0.2, 0.25) is 11.8 Å². The molecule has 1 aliphatic rings. The molecule has 2 amide bonds. The molecule has 1 fully saturated rings. The lowest BCUT2D eigenvalue weighted by Gasteiger charge is -2.32. The van der Waals surface area contributed by atoms with Gasteiger partial charge in [-0.3, -0.25) is 9.59 Å². The van der Waals surface area contributed by atoms with E-state index in [0.29, 0.717) is 19.6 Å². The van der Waals surface area contributed by atoms with Crippen LogP contribution in [0, 0.1) is 11.8 Å². The van der Waals surface area contributed by atoms with Crippen molar-refractivity contribution in [2.24, 2.45) is 11.8 Å². The smallest absolute Gasteiger partial charge is 0.225 e. The van der Waals surface area contributed by atoms with Crippen LogP contribution in [-0.4, -0.2) is 36.3 Å². The van der Waals surface area contributed by atoms with Gasteiger partial charge in [-0.25, -0.2) is 0 Å². The van der Waals surface area contributed by atoms with Gasteiger partial charge in [-0.05, 0) is 30.4 Å². The van der Waals surface area contributed by atoms with Crippen molar-refractivity contribution in [1.82, 2.24) is 10.2 Å². The molecule has 0 spiro atoms. The van der Waals surface area contributed by atoms with E-state index >= 15 is 0 Å². The predicted octanol–water partition coefficient (Wildman–Crippen LogP) is 4.22. The minimum Gasteiger partial charge on any atom is -0.356 e. The Morgan fingerprint density at radius 3 is 1.93 bits per heavy atom. The van der Waals surface area contributed by atoms with Crippen molar-refractivity contribution in [3.05, 3.63) is 71.8 Å². The molecular weight excluding hydrogens is 360 g/mol. The molecule has 0 aliphatic carbocycles. The van der Waals surface area contributed by atoms with Crippen LogP contribution in [0.3, 0.4) is 0 Å². The molecule has 1 aliphatic heterocycles. The summed E-state index contributed by atoms with van der Waals surface area (Å²) in [6, 6.07) is 20.9. The fraction of sp³-hybridized carbons (Fsp3) is 0.440. The lowest BCUT2D eigenvalue weighted by molar-refractivity contribution is -0.138. The molecular formula is C25H32N2O2. The SMILES string of the molecule is CC(C)C(=O)N1CCC(C(=O)NCCC(c2ccccc2)c2ccccc2)CC1. The average Bonchev–Trinajstić information content (AvgIpc) is 2.77. The Morgan fingerprint density at radius 1 is 0.931 bits per heavy atom. The Labute approximate surface area is 174 Å². The largest absolute Gasteiger partial charge is 0.356 e. The van der Waals surface area contributed by atoms with Gasteiger partial charge in [-0.15, -0.1) is 0 Å². The highest BCUT2D eigenvalue weighted by atomic mass is 16.2. The normalized spacial score (nSPS) is 15.0. The minimum atomic E-state index is 0.0121. The first kappa shape index (κ1) is 21.1. The van der Waals surface area contributed by atoms with E-state index in [4.69, 9.17) is 0 Å². The number of benzene rings is 2. The van der Waals surface area contributed by atoms with Gasteiger partial charge in [0.15, 0.2) is 0 Å². The Bertz CT molecular complexity index is 741. The van der Waals surface area contributed by atoms with Crippen LogP contribution in [0.25, 0.3) is 0 Å². The number of piperidine rings is 1. The zero-order chi connectivity index (χ0) is 20.6.